The third-order valence-corrected chi connectivity index (χ3v) is 3.41. The molecule has 0 fully saturated rings. The lowest BCUT2D eigenvalue weighted by Crippen LogP contribution is -2.26. The van der Waals surface area contributed by atoms with Crippen molar-refractivity contribution in [2.24, 2.45) is 0 Å². The van der Waals surface area contributed by atoms with Crippen LogP contribution in [0, 0.1) is 20.8 Å². The first kappa shape index (κ1) is 15.8. The molecule has 0 aliphatic heterocycles. The molecule has 0 bridgehead atoms. The van der Waals surface area contributed by atoms with E-state index in [1.165, 1.54) is 11.0 Å². The van der Waals surface area contributed by atoms with Gasteiger partial charge in [0.15, 0.2) is 0 Å². The molecule has 5 nitrogen and oxygen atoms in total. The molecule has 0 spiro atoms. The fraction of sp³-hybridized carbons (Fsp3) is 0.294. The number of carboxylic acids is 1. The van der Waals surface area contributed by atoms with Crippen molar-refractivity contribution in [2.75, 3.05) is 7.05 Å². The van der Waals surface area contributed by atoms with Crippen LogP contribution in [0.4, 0.5) is 0 Å². The average Bonchev–Trinajstić information content (AvgIpc) is 2.77. The van der Waals surface area contributed by atoms with E-state index in [0.29, 0.717) is 17.1 Å². The predicted octanol–water partition coefficient (Wildman–Crippen LogP) is 3.18. The lowest BCUT2D eigenvalue weighted by molar-refractivity contribution is 0.0694. The number of carboxylic acid groups (broad SMARTS) is 1. The minimum Gasteiger partial charge on any atom is -0.478 e. The number of amides is 1. The van der Waals surface area contributed by atoms with Crippen molar-refractivity contribution < 1.29 is 19.1 Å². The minimum atomic E-state index is -1.03. The SMILES string of the molecule is Cc1cc(C)cc(C(=O)N(C)Cc2cc(C(=O)O)c(C)o2)c1. The van der Waals surface area contributed by atoms with Crippen molar-refractivity contribution in [2.45, 2.75) is 27.3 Å². The van der Waals surface area contributed by atoms with Crippen molar-refractivity contribution in [3.05, 3.63) is 58.0 Å². The second-order valence-corrected chi connectivity index (χ2v) is 5.53. The summed E-state index contributed by atoms with van der Waals surface area (Å²) in [6.45, 7) is 5.70. The summed E-state index contributed by atoms with van der Waals surface area (Å²) < 4.78 is 5.41. The lowest BCUT2D eigenvalue weighted by Gasteiger charge is -2.16. The van der Waals surface area contributed by atoms with Gasteiger partial charge in [-0.2, -0.15) is 0 Å². The van der Waals surface area contributed by atoms with Gasteiger partial charge in [-0.15, -0.1) is 0 Å². The van der Waals surface area contributed by atoms with Crippen molar-refractivity contribution >= 4 is 11.9 Å². The standard InChI is InChI=1S/C17H19NO4/c1-10-5-11(2)7-13(6-10)16(19)18(4)9-14-8-15(17(20)21)12(3)22-14/h5-8H,9H2,1-4H3,(H,20,21). The van der Waals surface area contributed by atoms with Crippen LogP contribution in [-0.4, -0.2) is 28.9 Å². The Morgan fingerprint density at radius 2 is 1.68 bits per heavy atom. The van der Waals surface area contributed by atoms with Crippen LogP contribution in [0.15, 0.2) is 28.7 Å². The molecule has 1 N–H and O–H groups in total. The lowest BCUT2D eigenvalue weighted by atomic mass is 10.1. The Bertz CT molecular complexity index is 710. The van der Waals surface area contributed by atoms with E-state index in [0.717, 1.165) is 11.1 Å². The Morgan fingerprint density at radius 3 is 2.18 bits per heavy atom. The van der Waals surface area contributed by atoms with Crippen LogP contribution in [0.5, 0.6) is 0 Å². The Labute approximate surface area is 129 Å². The third kappa shape index (κ3) is 3.36. The van der Waals surface area contributed by atoms with Crippen LogP contribution < -0.4 is 0 Å². The van der Waals surface area contributed by atoms with Crippen molar-refractivity contribution in [3.8, 4) is 0 Å². The second-order valence-electron chi connectivity index (χ2n) is 5.53. The molecule has 5 heteroatoms. The fourth-order valence-electron chi connectivity index (χ4n) is 2.46. The molecule has 0 atom stereocenters. The Kier molecular flexibility index (Phi) is 4.35. The molecule has 0 saturated carbocycles. The highest BCUT2D eigenvalue weighted by Gasteiger charge is 2.18. The minimum absolute atomic E-state index is 0.127. The number of hydrogen-bond acceptors (Lipinski definition) is 3. The fourth-order valence-corrected chi connectivity index (χ4v) is 2.46. The summed E-state index contributed by atoms with van der Waals surface area (Å²) in [5, 5.41) is 9.02. The van der Waals surface area contributed by atoms with Crippen molar-refractivity contribution in [1.29, 1.82) is 0 Å². The number of carbonyl (C=O) groups is 2. The van der Waals surface area contributed by atoms with Crippen LogP contribution in [0.1, 0.15) is 43.4 Å². The van der Waals surface area contributed by atoms with Crippen LogP contribution in [0.25, 0.3) is 0 Å². The quantitative estimate of drug-likeness (QED) is 0.941. The molecule has 1 amide bonds. The average molecular weight is 301 g/mol. The van der Waals surface area contributed by atoms with E-state index >= 15 is 0 Å². The van der Waals surface area contributed by atoms with E-state index in [1.807, 2.05) is 32.0 Å². The van der Waals surface area contributed by atoms with Gasteiger partial charge in [0.1, 0.15) is 17.1 Å². The number of aryl methyl sites for hydroxylation is 3. The summed E-state index contributed by atoms with van der Waals surface area (Å²) in [5.41, 5.74) is 2.79. The van der Waals surface area contributed by atoms with Crippen LogP contribution in [-0.2, 0) is 6.54 Å². The van der Waals surface area contributed by atoms with Gasteiger partial charge in [-0.1, -0.05) is 17.2 Å². The molecule has 22 heavy (non-hydrogen) atoms. The van der Waals surface area contributed by atoms with Gasteiger partial charge < -0.3 is 14.4 Å². The van der Waals surface area contributed by atoms with Gasteiger partial charge >= 0.3 is 5.97 Å². The predicted molar refractivity (Wildman–Crippen MR) is 82.1 cm³/mol. The number of carbonyl (C=O) groups excluding carboxylic acids is 1. The second kappa shape index (κ2) is 6.05. The molecule has 0 aliphatic carbocycles. The van der Waals surface area contributed by atoms with Gasteiger partial charge in [-0.25, -0.2) is 4.79 Å². The number of rotatable bonds is 4. The monoisotopic (exact) mass is 301 g/mol. The van der Waals surface area contributed by atoms with E-state index in [1.54, 1.807) is 14.0 Å². The van der Waals surface area contributed by atoms with E-state index in [9.17, 15) is 9.59 Å². The van der Waals surface area contributed by atoms with E-state index in [4.69, 9.17) is 9.52 Å². The van der Waals surface area contributed by atoms with Gasteiger partial charge in [-0.05, 0) is 39.0 Å². The van der Waals surface area contributed by atoms with Crippen LogP contribution in [0.3, 0.4) is 0 Å². The molecular formula is C17H19NO4. The zero-order chi connectivity index (χ0) is 16.4. The molecule has 0 aliphatic rings. The number of hydrogen-bond donors (Lipinski definition) is 1. The highest BCUT2D eigenvalue weighted by molar-refractivity contribution is 5.94. The smallest absolute Gasteiger partial charge is 0.339 e. The highest BCUT2D eigenvalue weighted by atomic mass is 16.4. The van der Waals surface area contributed by atoms with Gasteiger partial charge in [0.2, 0.25) is 0 Å². The zero-order valence-corrected chi connectivity index (χ0v) is 13.1. The summed E-state index contributed by atoms with van der Waals surface area (Å²) in [7, 11) is 1.66. The summed E-state index contributed by atoms with van der Waals surface area (Å²) >= 11 is 0. The molecule has 0 saturated heterocycles. The summed E-state index contributed by atoms with van der Waals surface area (Å²) in [4.78, 5) is 25.0. The number of nitrogens with zero attached hydrogens (tertiary/aromatic N) is 1. The largest absolute Gasteiger partial charge is 0.478 e. The normalized spacial score (nSPS) is 10.5. The van der Waals surface area contributed by atoms with Gasteiger partial charge in [0, 0.05) is 12.6 Å². The molecular weight excluding hydrogens is 282 g/mol. The van der Waals surface area contributed by atoms with E-state index < -0.39 is 5.97 Å². The van der Waals surface area contributed by atoms with Crippen molar-refractivity contribution in [3.63, 3.8) is 0 Å². The number of benzene rings is 1. The van der Waals surface area contributed by atoms with Gasteiger partial charge in [-0.3, -0.25) is 4.79 Å². The van der Waals surface area contributed by atoms with E-state index in [-0.39, 0.29) is 18.0 Å². The van der Waals surface area contributed by atoms with Crippen LogP contribution >= 0.6 is 0 Å². The summed E-state index contributed by atoms with van der Waals surface area (Å²) in [6.07, 6.45) is 0. The molecule has 1 heterocycles. The Morgan fingerprint density at radius 1 is 1.09 bits per heavy atom. The molecule has 2 rings (SSSR count). The van der Waals surface area contributed by atoms with Gasteiger partial charge in [0.25, 0.3) is 5.91 Å². The molecule has 116 valence electrons. The molecule has 1 aromatic carbocycles. The third-order valence-electron chi connectivity index (χ3n) is 3.41. The zero-order valence-electron chi connectivity index (χ0n) is 13.1. The van der Waals surface area contributed by atoms with Crippen molar-refractivity contribution in [1.82, 2.24) is 4.90 Å². The first-order chi connectivity index (χ1) is 10.3. The maximum atomic E-state index is 12.4. The number of aromatic carboxylic acids is 1. The summed E-state index contributed by atoms with van der Waals surface area (Å²) in [6, 6.07) is 7.14. The first-order valence-electron chi connectivity index (χ1n) is 6.94. The summed E-state index contributed by atoms with van der Waals surface area (Å²) in [5.74, 6) is -0.363. The molecule has 2 aromatic rings. The molecule has 0 unspecified atom stereocenters. The Balaban J connectivity index is 2.17. The Hall–Kier alpha value is -2.56. The first-order valence-corrected chi connectivity index (χ1v) is 6.94. The van der Waals surface area contributed by atoms with Gasteiger partial charge in [0.05, 0.1) is 6.54 Å². The van der Waals surface area contributed by atoms with Crippen LogP contribution in [0.2, 0.25) is 0 Å². The molecule has 1 aromatic heterocycles. The maximum absolute atomic E-state index is 12.4. The van der Waals surface area contributed by atoms with E-state index in [2.05, 4.69) is 0 Å². The number of furan rings is 1. The maximum Gasteiger partial charge on any atom is 0.339 e. The topological polar surface area (TPSA) is 70.8 Å². The highest BCUT2D eigenvalue weighted by Crippen LogP contribution is 2.17. The molecule has 0 radical (unpaired) electrons.